The summed E-state index contributed by atoms with van der Waals surface area (Å²) < 4.78 is 6.21. The first kappa shape index (κ1) is 9.46. The highest BCUT2D eigenvalue weighted by molar-refractivity contribution is 9.10. The molecule has 1 heterocycles. The van der Waals surface area contributed by atoms with E-state index in [1.54, 1.807) is 7.11 Å². The van der Waals surface area contributed by atoms with Gasteiger partial charge >= 0.3 is 0 Å². The van der Waals surface area contributed by atoms with Crippen LogP contribution in [0.4, 0.5) is 0 Å². The molecular weight excluding hydrogens is 242 g/mol. The van der Waals surface area contributed by atoms with Gasteiger partial charge in [0.05, 0.1) is 12.6 Å². The summed E-state index contributed by atoms with van der Waals surface area (Å²) in [5.41, 5.74) is 1.99. The van der Waals surface area contributed by atoms with E-state index in [2.05, 4.69) is 20.9 Å². The topological polar surface area (TPSA) is 22.1 Å². The Hall–Kier alpha value is -1.09. The summed E-state index contributed by atoms with van der Waals surface area (Å²) in [5.74, 6) is 0.851. The van der Waals surface area contributed by atoms with E-state index in [0.29, 0.717) is 0 Å². The van der Waals surface area contributed by atoms with Gasteiger partial charge in [-0.3, -0.25) is 4.98 Å². The number of benzene rings is 1. The van der Waals surface area contributed by atoms with E-state index in [1.807, 2.05) is 31.2 Å². The minimum absolute atomic E-state index is 0.851. The summed E-state index contributed by atoms with van der Waals surface area (Å²) in [6, 6.07) is 7.86. The minimum Gasteiger partial charge on any atom is -0.497 e. The fourth-order valence-electron chi connectivity index (χ4n) is 1.41. The number of aromatic nitrogens is 1. The van der Waals surface area contributed by atoms with Crippen LogP contribution in [0.3, 0.4) is 0 Å². The van der Waals surface area contributed by atoms with Gasteiger partial charge < -0.3 is 4.74 Å². The first-order chi connectivity index (χ1) is 6.70. The van der Waals surface area contributed by atoms with E-state index < -0.39 is 0 Å². The smallest absolute Gasteiger partial charge is 0.119 e. The quantitative estimate of drug-likeness (QED) is 0.776. The van der Waals surface area contributed by atoms with Crippen molar-refractivity contribution < 1.29 is 4.74 Å². The lowest BCUT2D eigenvalue weighted by Gasteiger charge is -2.04. The third-order valence-electron chi connectivity index (χ3n) is 2.09. The number of methoxy groups -OCH3 is 1. The molecule has 14 heavy (non-hydrogen) atoms. The number of nitrogens with zero attached hydrogens (tertiary/aromatic N) is 1. The highest BCUT2D eigenvalue weighted by atomic mass is 79.9. The number of halogens is 1. The standard InChI is InChI=1S/C11H10BrNO/c1-7-5-10(12)9-6-8(14-2)3-4-11(9)13-7/h3-6H,1-2H3. The molecule has 2 nitrogen and oxygen atoms in total. The Labute approximate surface area is 91.0 Å². The fraction of sp³-hybridized carbons (Fsp3) is 0.182. The van der Waals surface area contributed by atoms with E-state index in [-0.39, 0.29) is 0 Å². The summed E-state index contributed by atoms with van der Waals surface area (Å²) in [6.07, 6.45) is 0. The number of fused-ring (bicyclic) bond motifs is 1. The van der Waals surface area contributed by atoms with Gasteiger partial charge in [-0.2, -0.15) is 0 Å². The van der Waals surface area contributed by atoms with Crippen LogP contribution in [0.25, 0.3) is 10.9 Å². The third kappa shape index (κ3) is 1.60. The van der Waals surface area contributed by atoms with Crippen molar-refractivity contribution in [2.45, 2.75) is 6.92 Å². The molecule has 0 saturated carbocycles. The van der Waals surface area contributed by atoms with Crippen LogP contribution in [0.1, 0.15) is 5.69 Å². The van der Waals surface area contributed by atoms with Gasteiger partial charge in [-0.1, -0.05) is 15.9 Å². The molecule has 72 valence electrons. The van der Waals surface area contributed by atoms with Gasteiger partial charge in [0.1, 0.15) is 5.75 Å². The summed E-state index contributed by atoms with van der Waals surface area (Å²) in [6.45, 7) is 1.98. The lowest BCUT2D eigenvalue weighted by molar-refractivity contribution is 0.415. The van der Waals surface area contributed by atoms with E-state index in [0.717, 1.165) is 26.8 Å². The van der Waals surface area contributed by atoms with Crippen molar-refractivity contribution in [1.82, 2.24) is 4.98 Å². The highest BCUT2D eigenvalue weighted by Crippen LogP contribution is 2.26. The zero-order valence-electron chi connectivity index (χ0n) is 8.04. The van der Waals surface area contributed by atoms with Crippen molar-refractivity contribution in [2.24, 2.45) is 0 Å². The monoisotopic (exact) mass is 251 g/mol. The molecule has 0 saturated heterocycles. The summed E-state index contributed by atoms with van der Waals surface area (Å²) >= 11 is 3.52. The van der Waals surface area contributed by atoms with E-state index in [9.17, 15) is 0 Å². The Bertz CT molecular complexity index is 482. The maximum Gasteiger partial charge on any atom is 0.119 e. The largest absolute Gasteiger partial charge is 0.497 e. The molecule has 1 aromatic heterocycles. The number of aryl methyl sites for hydroxylation is 1. The van der Waals surface area contributed by atoms with Crippen LogP contribution >= 0.6 is 15.9 Å². The molecule has 0 aliphatic heterocycles. The molecule has 0 aliphatic rings. The third-order valence-corrected chi connectivity index (χ3v) is 2.75. The van der Waals surface area contributed by atoms with Crippen LogP contribution < -0.4 is 4.74 Å². The predicted octanol–water partition coefficient (Wildman–Crippen LogP) is 3.31. The van der Waals surface area contributed by atoms with Gasteiger partial charge in [0, 0.05) is 15.6 Å². The average Bonchev–Trinajstić information content (AvgIpc) is 2.17. The molecule has 0 amide bonds. The number of hydrogen-bond donors (Lipinski definition) is 0. The summed E-state index contributed by atoms with van der Waals surface area (Å²) in [7, 11) is 1.66. The Balaban J connectivity index is 2.75. The van der Waals surface area contributed by atoms with Crippen LogP contribution in [-0.4, -0.2) is 12.1 Å². The van der Waals surface area contributed by atoms with Crippen molar-refractivity contribution in [3.63, 3.8) is 0 Å². The lowest BCUT2D eigenvalue weighted by Crippen LogP contribution is -1.87. The molecular formula is C11H10BrNO. The summed E-state index contributed by atoms with van der Waals surface area (Å²) in [4.78, 5) is 4.43. The first-order valence-corrected chi connectivity index (χ1v) is 5.11. The van der Waals surface area contributed by atoms with E-state index in [1.165, 1.54) is 0 Å². The zero-order valence-corrected chi connectivity index (χ0v) is 9.63. The minimum atomic E-state index is 0.851. The van der Waals surface area contributed by atoms with Crippen LogP contribution in [0.15, 0.2) is 28.7 Å². The van der Waals surface area contributed by atoms with Crippen molar-refractivity contribution in [2.75, 3.05) is 7.11 Å². The predicted molar refractivity (Wildman–Crippen MR) is 60.7 cm³/mol. The molecule has 0 N–H and O–H groups in total. The van der Waals surface area contributed by atoms with Crippen molar-refractivity contribution in [3.05, 3.63) is 34.4 Å². The molecule has 0 atom stereocenters. The van der Waals surface area contributed by atoms with Crippen molar-refractivity contribution in [1.29, 1.82) is 0 Å². The highest BCUT2D eigenvalue weighted by Gasteiger charge is 2.02. The van der Waals surface area contributed by atoms with Gasteiger partial charge in [0.25, 0.3) is 0 Å². The lowest BCUT2D eigenvalue weighted by atomic mass is 10.2. The second-order valence-corrected chi connectivity index (χ2v) is 3.98. The maximum absolute atomic E-state index is 5.16. The SMILES string of the molecule is COc1ccc2nc(C)cc(Br)c2c1. The number of ether oxygens (including phenoxy) is 1. The van der Waals surface area contributed by atoms with E-state index in [4.69, 9.17) is 4.74 Å². The Morgan fingerprint density at radius 1 is 1.29 bits per heavy atom. The number of hydrogen-bond acceptors (Lipinski definition) is 2. The molecule has 0 fully saturated rings. The normalized spacial score (nSPS) is 10.5. The Kier molecular flexibility index (Phi) is 2.42. The maximum atomic E-state index is 5.16. The van der Waals surface area contributed by atoms with Crippen LogP contribution in [0.5, 0.6) is 5.75 Å². The van der Waals surface area contributed by atoms with Crippen LogP contribution in [-0.2, 0) is 0 Å². The zero-order chi connectivity index (χ0) is 10.1. The van der Waals surface area contributed by atoms with Gasteiger partial charge in [0.15, 0.2) is 0 Å². The molecule has 0 spiro atoms. The summed E-state index contributed by atoms with van der Waals surface area (Å²) in [5, 5.41) is 1.08. The molecule has 0 aliphatic carbocycles. The van der Waals surface area contributed by atoms with Gasteiger partial charge in [-0.25, -0.2) is 0 Å². The molecule has 0 radical (unpaired) electrons. The van der Waals surface area contributed by atoms with Gasteiger partial charge in [0.2, 0.25) is 0 Å². The van der Waals surface area contributed by atoms with Gasteiger partial charge in [-0.05, 0) is 31.2 Å². The molecule has 3 heteroatoms. The van der Waals surface area contributed by atoms with E-state index >= 15 is 0 Å². The number of pyridine rings is 1. The number of rotatable bonds is 1. The Morgan fingerprint density at radius 2 is 2.07 bits per heavy atom. The van der Waals surface area contributed by atoms with Crippen LogP contribution in [0.2, 0.25) is 0 Å². The second-order valence-electron chi connectivity index (χ2n) is 3.13. The molecule has 0 unspecified atom stereocenters. The van der Waals surface area contributed by atoms with Crippen molar-refractivity contribution in [3.8, 4) is 5.75 Å². The van der Waals surface area contributed by atoms with Crippen molar-refractivity contribution >= 4 is 26.8 Å². The molecule has 2 aromatic rings. The fourth-order valence-corrected chi connectivity index (χ4v) is 2.06. The van der Waals surface area contributed by atoms with Gasteiger partial charge in [-0.15, -0.1) is 0 Å². The first-order valence-electron chi connectivity index (χ1n) is 4.31. The molecule has 0 bridgehead atoms. The second kappa shape index (κ2) is 3.58. The molecule has 2 rings (SSSR count). The Morgan fingerprint density at radius 3 is 2.79 bits per heavy atom. The average molecular weight is 252 g/mol. The molecule has 1 aromatic carbocycles. The van der Waals surface area contributed by atoms with Crippen LogP contribution in [0, 0.1) is 6.92 Å².